The number of rotatable bonds is 13. The summed E-state index contributed by atoms with van der Waals surface area (Å²) in [6, 6.07) is 36.6. The van der Waals surface area contributed by atoms with Crippen LogP contribution < -0.4 is 14.8 Å². The highest BCUT2D eigenvalue weighted by Crippen LogP contribution is 2.40. The number of aromatic nitrogens is 1. The van der Waals surface area contributed by atoms with Crippen LogP contribution in [0.2, 0.25) is 10.0 Å². The molecule has 2 N–H and O–H groups in total. The zero-order chi connectivity index (χ0) is 43.3. The van der Waals surface area contributed by atoms with E-state index in [1.807, 2.05) is 79.7 Å². The molecule has 3 heterocycles. The fourth-order valence-electron chi connectivity index (χ4n) is 8.96. The number of nitrogens with one attached hydrogen (secondary N) is 1. The van der Waals surface area contributed by atoms with Gasteiger partial charge in [-0.05, 0) is 137 Å². The van der Waals surface area contributed by atoms with Gasteiger partial charge in [0.05, 0.1) is 22.7 Å². The van der Waals surface area contributed by atoms with Gasteiger partial charge in [0.1, 0.15) is 24.1 Å². The normalized spacial score (nSPS) is 17.1. The highest BCUT2D eigenvalue weighted by Gasteiger charge is 2.38. The van der Waals surface area contributed by atoms with E-state index in [9.17, 15) is 14.7 Å². The number of hydrogen-bond donors (Lipinski definition) is 2. The van der Waals surface area contributed by atoms with E-state index >= 15 is 0 Å². The minimum absolute atomic E-state index is 0.0589. The van der Waals surface area contributed by atoms with Crippen molar-refractivity contribution in [3.05, 3.63) is 182 Å². The van der Waals surface area contributed by atoms with Gasteiger partial charge in [0.15, 0.2) is 0 Å². The number of aryl methyl sites for hydroxylation is 1. The Kier molecular flexibility index (Phi) is 13.3. The lowest BCUT2D eigenvalue weighted by Gasteiger charge is -2.41. The first kappa shape index (κ1) is 43.0. The number of fused-ring (bicyclic) bond motifs is 2. The van der Waals surface area contributed by atoms with E-state index in [4.69, 9.17) is 32.7 Å². The van der Waals surface area contributed by atoms with Crippen LogP contribution in [-0.4, -0.2) is 45.6 Å². The molecule has 10 heteroatoms. The summed E-state index contributed by atoms with van der Waals surface area (Å²) in [6.07, 6.45) is 4.84. The summed E-state index contributed by atoms with van der Waals surface area (Å²) in [6.45, 7) is 7.67. The number of carbonyl (C=O) groups is 2. The molecule has 0 aliphatic carbocycles. The highest BCUT2D eigenvalue weighted by atomic mass is 35.5. The first-order valence-electron chi connectivity index (χ1n) is 21.3. The molecule has 0 spiro atoms. The fraction of sp³-hybridized carbons (Fsp3) is 0.288. The van der Waals surface area contributed by atoms with Crippen molar-refractivity contribution in [2.24, 2.45) is 0 Å². The third-order valence-electron chi connectivity index (χ3n) is 12.5. The molecule has 0 saturated heterocycles. The van der Waals surface area contributed by atoms with Crippen molar-refractivity contribution >= 4 is 35.1 Å². The Morgan fingerprint density at radius 1 is 0.871 bits per heavy atom. The maximum Gasteiger partial charge on any atom is 0.326 e. The molecule has 0 bridgehead atoms. The summed E-state index contributed by atoms with van der Waals surface area (Å²) in [4.78, 5) is 33.9. The Labute approximate surface area is 373 Å². The SMILES string of the molecule is CC[C@H](c1ccccc1)N1Cc2cc3c(cc2C[C@H]1C(=O)N[C@@H](Cc1ccc(-c2ccnc(C)c2C)cc1)C(=O)O)OCC[C@@H](c1ccc(OCc2ccc(Cl)c(Cl)c2)cc1)C3. The van der Waals surface area contributed by atoms with Gasteiger partial charge in [-0.1, -0.05) is 109 Å². The Hall–Kier alpha value is -5.67. The van der Waals surface area contributed by atoms with Crippen molar-refractivity contribution < 1.29 is 24.2 Å². The number of amides is 1. The van der Waals surface area contributed by atoms with Gasteiger partial charge < -0.3 is 19.9 Å². The van der Waals surface area contributed by atoms with Crippen molar-refractivity contribution in [3.63, 3.8) is 0 Å². The molecule has 1 aromatic heterocycles. The number of aliphatic carboxylic acids is 1. The van der Waals surface area contributed by atoms with Crippen LogP contribution in [0, 0.1) is 13.8 Å². The molecule has 0 radical (unpaired) electrons. The smallest absolute Gasteiger partial charge is 0.326 e. The van der Waals surface area contributed by atoms with Crippen molar-refractivity contribution in [1.29, 1.82) is 0 Å². The Balaban J connectivity index is 1.01. The third-order valence-corrected chi connectivity index (χ3v) is 13.3. The van der Waals surface area contributed by atoms with Crippen LogP contribution in [-0.2, 0) is 42.0 Å². The Morgan fingerprint density at radius 3 is 2.35 bits per heavy atom. The molecule has 2 aliphatic rings. The Bertz CT molecular complexity index is 2550. The van der Waals surface area contributed by atoms with Crippen molar-refractivity contribution in [2.45, 2.75) is 90.1 Å². The molecule has 1 amide bonds. The molecule has 0 fully saturated rings. The number of halogens is 2. The van der Waals surface area contributed by atoms with E-state index in [-0.39, 0.29) is 24.3 Å². The van der Waals surface area contributed by atoms with Crippen LogP contribution >= 0.6 is 23.2 Å². The number of benzene rings is 5. The van der Waals surface area contributed by atoms with Gasteiger partial charge in [-0.3, -0.25) is 14.7 Å². The molecule has 8 nitrogen and oxygen atoms in total. The number of ether oxygens (including phenoxy) is 2. The molecule has 8 rings (SSSR count). The summed E-state index contributed by atoms with van der Waals surface area (Å²) in [5, 5.41) is 14.4. The molecule has 5 aromatic carbocycles. The lowest BCUT2D eigenvalue weighted by Crippen LogP contribution is -2.55. The number of carbonyl (C=O) groups excluding carboxylic acids is 1. The van der Waals surface area contributed by atoms with Crippen LogP contribution in [0.25, 0.3) is 11.1 Å². The quantitative estimate of drug-likeness (QED) is 0.119. The van der Waals surface area contributed by atoms with Gasteiger partial charge in [-0.15, -0.1) is 0 Å². The number of hydrogen-bond acceptors (Lipinski definition) is 6. The van der Waals surface area contributed by atoms with E-state index in [2.05, 4.69) is 65.4 Å². The molecule has 62 heavy (non-hydrogen) atoms. The Morgan fingerprint density at radius 2 is 1.63 bits per heavy atom. The predicted molar refractivity (Wildman–Crippen MR) is 245 cm³/mol. The van der Waals surface area contributed by atoms with Crippen LogP contribution in [0.5, 0.6) is 11.5 Å². The maximum atomic E-state index is 14.5. The van der Waals surface area contributed by atoms with Crippen LogP contribution in [0.4, 0.5) is 0 Å². The minimum atomic E-state index is -1.10. The standard InChI is InChI=1S/C52H51Cl2N3O5/c1-4-48(38-8-6-5-7-9-38)57-30-42-27-41-26-39(36-15-17-43(18-16-36)62-31-35-12-19-45(53)46(54)24-35)21-23-61-50(41)29-40(42)28-49(57)51(58)56-47(52(59)60)25-34-10-13-37(14-11-34)44-20-22-55-33(3)32(44)2/h5-20,22,24,27,29,39,47-49H,4,21,23,25-26,28,30-31H2,1-3H3,(H,56,58)(H,59,60)/t39-,47+,48-,49+/m1/s1. The number of carboxylic acid groups (broad SMARTS) is 1. The minimum Gasteiger partial charge on any atom is -0.493 e. The monoisotopic (exact) mass is 867 g/mol. The summed E-state index contributed by atoms with van der Waals surface area (Å²) in [7, 11) is 0. The zero-order valence-electron chi connectivity index (χ0n) is 35.2. The average molecular weight is 869 g/mol. The zero-order valence-corrected chi connectivity index (χ0v) is 36.8. The van der Waals surface area contributed by atoms with Crippen LogP contribution in [0.15, 0.2) is 121 Å². The van der Waals surface area contributed by atoms with Gasteiger partial charge in [0.2, 0.25) is 5.91 Å². The van der Waals surface area contributed by atoms with Gasteiger partial charge in [-0.25, -0.2) is 4.79 Å². The van der Waals surface area contributed by atoms with E-state index in [0.29, 0.717) is 36.2 Å². The predicted octanol–water partition coefficient (Wildman–Crippen LogP) is 11.1. The molecular weight excluding hydrogens is 817 g/mol. The highest BCUT2D eigenvalue weighted by molar-refractivity contribution is 6.42. The van der Waals surface area contributed by atoms with Gasteiger partial charge >= 0.3 is 5.97 Å². The lowest BCUT2D eigenvalue weighted by molar-refractivity contribution is -0.143. The van der Waals surface area contributed by atoms with Crippen molar-refractivity contribution in [3.8, 4) is 22.6 Å². The molecular formula is C52H51Cl2N3O5. The van der Waals surface area contributed by atoms with Crippen molar-refractivity contribution in [2.75, 3.05) is 6.61 Å². The third kappa shape index (κ3) is 9.68. The fourth-order valence-corrected chi connectivity index (χ4v) is 9.28. The average Bonchev–Trinajstić information content (AvgIpc) is 3.49. The summed E-state index contributed by atoms with van der Waals surface area (Å²) in [5.41, 5.74) is 11.7. The molecule has 6 aromatic rings. The van der Waals surface area contributed by atoms with E-state index in [1.165, 1.54) is 5.56 Å². The number of pyridine rings is 1. The summed E-state index contributed by atoms with van der Waals surface area (Å²) in [5.74, 6) is 0.506. The second-order valence-electron chi connectivity index (χ2n) is 16.5. The van der Waals surface area contributed by atoms with E-state index in [1.54, 1.807) is 12.3 Å². The lowest BCUT2D eigenvalue weighted by atomic mass is 9.85. The van der Waals surface area contributed by atoms with Gasteiger partial charge in [0, 0.05) is 30.9 Å². The van der Waals surface area contributed by atoms with E-state index in [0.717, 1.165) is 86.5 Å². The first-order chi connectivity index (χ1) is 30.0. The van der Waals surface area contributed by atoms with Crippen molar-refractivity contribution in [1.82, 2.24) is 15.2 Å². The summed E-state index contributed by atoms with van der Waals surface area (Å²) >= 11 is 12.3. The van der Waals surface area contributed by atoms with Crippen LogP contribution in [0.3, 0.4) is 0 Å². The molecule has 318 valence electrons. The van der Waals surface area contributed by atoms with E-state index < -0.39 is 18.1 Å². The largest absolute Gasteiger partial charge is 0.493 e. The van der Waals surface area contributed by atoms with Crippen LogP contribution in [0.1, 0.15) is 81.9 Å². The summed E-state index contributed by atoms with van der Waals surface area (Å²) < 4.78 is 12.5. The second-order valence-corrected chi connectivity index (χ2v) is 17.3. The molecule has 4 atom stereocenters. The molecule has 0 unspecified atom stereocenters. The second kappa shape index (κ2) is 19.2. The van der Waals surface area contributed by atoms with Gasteiger partial charge in [-0.2, -0.15) is 0 Å². The number of nitrogens with zero attached hydrogens (tertiary/aromatic N) is 2. The van der Waals surface area contributed by atoms with Gasteiger partial charge in [0.25, 0.3) is 0 Å². The number of carboxylic acids is 1. The molecule has 2 aliphatic heterocycles. The topological polar surface area (TPSA) is 101 Å². The first-order valence-corrected chi connectivity index (χ1v) is 22.1. The molecule has 0 saturated carbocycles. The maximum absolute atomic E-state index is 14.5.